The summed E-state index contributed by atoms with van der Waals surface area (Å²) in [4.78, 5) is 2.14. The van der Waals surface area contributed by atoms with E-state index in [2.05, 4.69) is 108 Å². The summed E-state index contributed by atoms with van der Waals surface area (Å²) in [6, 6.07) is 52.6. The number of nitriles is 2. The highest BCUT2D eigenvalue weighted by Crippen LogP contribution is 2.68. The highest BCUT2D eigenvalue weighted by molar-refractivity contribution is 6.15. The number of rotatable bonds is 5. The average molecular weight is 773 g/mol. The van der Waals surface area contributed by atoms with E-state index in [0.717, 1.165) is 72.2 Å². The van der Waals surface area contributed by atoms with Crippen molar-refractivity contribution in [2.45, 2.75) is 25.0 Å². The minimum absolute atomic E-state index is 0.254. The molecule has 2 aliphatic heterocycles. The Morgan fingerprint density at radius 3 is 2.07 bits per heavy atom. The van der Waals surface area contributed by atoms with Gasteiger partial charge in [0.15, 0.2) is 11.5 Å². The van der Waals surface area contributed by atoms with Crippen LogP contribution >= 0.6 is 0 Å². The molecule has 0 saturated heterocycles. The Balaban J connectivity index is 1.33. The number of hydrogen-bond acceptors (Lipinski definition) is 5. The SMILES string of the molecule is C=CC=CC(=C)C1(C)OC2(c3ccccc3-c3ccccc32)c2c(N3c4ccccc4Oc4c3ccc3c4c4ccccc4n3-c3ccccc3)c(C#N)c(C#N)c(C)c21. The molecule has 0 bridgehead atoms. The van der Waals surface area contributed by atoms with Crippen molar-refractivity contribution >= 4 is 38.9 Å². The Hall–Kier alpha value is -7.90. The zero-order valence-corrected chi connectivity index (χ0v) is 33.0. The molecule has 284 valence electrons. The van der Waals surface area contributed by atoms with Gasteiger partial charge in [-0.25, -0.2) is 0 Å². The minimum atomic E-state index is -1.22. The summed E-state index contributed by atoms with van der Waals surface area (Å²) in [5.74, 6) is 1.27. The Labute approximate surface area is 348 Å². The molecule has 0 amide bonds. The van der Waals surface area contributed by atoms with Crippen molar-refractivity contribution in [2.75, 3.05) is 4.90 Å². The number of allylic oxidation sites excluding steroid dienone is 2. The minimum Gasteiger partial charge on any atom is -0.452 e. The normalized spacial score (nSPS) is 16.4. The second kappa shape index (κ2) is 12.8. The molecule has 3 aliphatic rings. The van der Waals surface area contributed by atoms with Crippen molar-refractivity contribution in [3.05, 3.63) is 215 Å². The first-order valence-corrected chi connectivity index (χ1v) is 20.0. The van der Waals surface area contributed by atoms with E-state index in [1.165, 1.54) is 0 Å². The monoisotopic (exact) mass is 772 g/mol. The van der Waals surface area contributed by atoms with Crippen LogP contribution < -0.4 is 9.64 Å². The third kappa shape index (κ3) is 4.43. The molecular formula is C54H36N4O2. The fourth-order valence-electron chi connectivity index (χ4n) is 10.2. The highest BCUT2D eigenvalue weighted by atomic mass is 16.5. The largest absolute Gasteiger partial charge is 0.452 e. The van der Waals surface area contributed by atoms with E-state index in [-0.39, 0.29) is 11.1 Å². The standard InChI is InChI=1S/C54H36N4O2/c1-5-6-18-33(2)53(4)49-34(3)39(31-55)40(32-56)51(50(49)54(60-53)41-24-13-10-21-36(41)37-22-11-14-25-42(37)54)58-44-27-16-17-28-47(44)59-52-46(58)30-29-45-48(52)38-23-12-15-26-43(38)57(45)35-19-8-7-9-20-35/h5-30H,1-2H2,3-4H3. The summed E-state index contributed by atoms with van der Waals surface area (Å²) in [6.07, 6.45) is 5.49. The number of fused-ring (bicyclic) bond motifs is 13. The molecular weight excluding hydrogens is 737 g/mol. The molecule has 6 heteroatoms. The number of nitrogens with zero attached hydrogens (tertiary/aromatic N) is 4. The lowest BCUT2D eigenvalue weighted by atomic mass is 9.75. The summed E-state index contributed by atoms with van der Waals surface area (Å²) in [5.41, 5.74) is 10.2. The fourth-order valence-corrected chi connectivity index (χ4v) is 10.2. The number of ether oxygens (including phenoxy) is 2. The Kier molecular flexibility index (Phi) is 7.53. The molecule has 1 unspecified atom stereocenters. The van der Waals surface area contributed by atoms with Crippen LogP contribution in [0.4, 0.5) is 17.1 Å². The Morgan fingerprint density at radius 1 is 0.700 bits per heavy atom. The first-order chi connectivity index (χ1) is 29.4. The Morgan fingerprint density at radius 2 is 1.35 bits per heavy atom. The number of anilines is 3. The predicted octanol–water partition coefficient (Wildman–Crippen LogP) is 13.2. The molecule has 3 heterocycles. The second-order valence-electron chi connectivity index (χ2n) is 15.6. The van der Waals surface area contributed by atoms with Gasteiger partial charge in [0.05, 0.1) is 44.6 Å². The topological polar surface area (TPSA) is 74.2 Å². The van der Waals surface area contributed by atoms with Gasteiger partial charge in [-0.2, -0.15) is 10.5 Å². The van der Waals surface area contributed by atoms with Gasteiger partial charge >= 0.3 is 0 Å². The third-order valence-corrected chi connectivity index (χ3v) is 12.6. The molecule has 7 aromatic carbocycles. The van der Waals surface area contributed by atoms with E-state index in [1.807, 2.05) is 92.7 Å². The molecule has 1 atom stereocenters. The van der Waals surface area contributed by atoms with Crippen molar-refractivity contribution in [3.8, 4) is 40.5 Å². The summed E-state index contributed by atoms with van der Waals surface area (Å²) in [5, 5.41) is 24.6. The van der Waals surface area contributed by atoms with Crippen LogP contribution in [0.15, 0.2) is 176 Å². The Bertz CT molecular complexity index is 3280. The van der Waals surface area contributed by atoms with E-state index in [0.29, 0.717) is 28.3 Å². The molecule has 60 heavy (non-hydrogen) atoms. The maximum atomic E-state index is 11.5. The molecule has 0 saturated carbocycles. The van der Waals surface area contributed by atoms with Gasteiger partial charge < -0.3 is 18.9 Å². The van der Waals surface area contributed by atoms with E-state index < -0.39 is 11.2 Å². The third-order valence-electron chi connectivity index (χ3n) is 12.6. The van der Waals surface area contributed by atoms with Gasteiger partial charge in [-0.1, -0.05) is 128 Å². The number of para-hydroxylation sites is 4. The van der Waals surface area contributed by atoms with Crippen LogP contribution in [0.25, 0.3) is 38.6 Å². The van der Waals surface area contributed by atoms with Crippen LogP contribution in [0.2, 0.25) is 0 Å². The van der Waals surface area contributed by atoms with Crippen LogP contribution in [-0.2, 0) is 15.9 Å². The average Bonchev–Trinajstić information content (AvgIpc) is 3.89. The van der Waals surface area contributed by atoms with Crippen LogP contribution in [-0.4, -0.2) is 4.57 Å². The van der Waals surface area contributed by atoms with Gasteiger partial charge in [-0.15, -0.1) is 0 Å². The van der Waals surface area contributed by atoms with Gasteiger partial charge in [0, 0.05) is 33.3 Å². The van der Waals surface area contributed by atoms with Crippen molar-refractivity contribution in [2.24, 2.45) is 0 Å². The number of hydrogen-bond donors (Lipinski definition) is 0. The van der Waals surface area contributed by atoms with Crippen molar-refractivity contribution in [1.82, 2.24) is 4.57 Å². The molecule has 0 N–H and O–H groups in total. The summed E-state index contributed by atoms with van der Waals surface area (Å²) in [7, 11) is 0. The van der Waals surface area contributed by atoms with E-state index in [4.69, 9.17) is 9.47 Å². The van der Waals surface area contributed by atoms with Gasteiger partial charge in [-0.05, 0) is 78.6 Å². The molecule has 6 nitrogen and oxygen atoms in total. The van der Waals surface area contributed by atoms with E-state index in [1.54, 1.807) is 6.08 Å². The zero-order chi connectivity index (χ0) is 40.9. The lowest BCUT2D eigenvalue weighted by Crippen LogP contribution is -2.33. The maximum Gasteiger partial charge on any atom is 0.161 e. The summed E-state index contributed by atoms with van der Waals surface area (Å²) in [6.45, 7) is 12.5. The second-order valence-corrected chi connectivity index (χ2v) is 15.6. The van der Waals surface area contributed by atoms with Gasteiger partial charge in [-0.3, -0.25) is 0 Å². The van der Waals surface area contributed by atoms with Crippen LogP contribution in [0, 0.1) is 29.6 Å². The first-order valence-electron chi connectivity index (χ1n) is 20.0. The van der Waals surface area contributed by atoms with Crippen molar-refractivity contribution in [3.63, 3.8) is 0 Å². The molecule has 1 aromatic heterocycles. The van der Waals surface area contributed by atoms with Crippen LogP contribution in [0.3, 0.4) is 0 Å². The van der Waals surface area contributed by atoms with Crippen LogP contribution in [0.1, 0.15) is 45.9 Å². The maximum absolute atomic E-state index is 11.5. The molecule has 8 aromatic rings. The lowest BCUT2D eigenvalue weighted by molar-refractivity contribution is -0.0646. The van der Waals surface area contributed by atoms with Crippen molar-refractivity contribution in [1.29, 1.82) is 10.5 Å². The zero-order valence-electron chi connectivity index (χ0n) is 33.0. The van der Waals surface area contributed by atoms with E-state index >= 15 is 0 Å². The van der Waals surface area contributed by atoms with E-state index in [9.17, 15) is 10.5 Å². The predicted molar refractivity (Wildman–Crippen MR) is 238 cm³/mol. The smallest absolute Gasteiger partial charge is 0.161 e. The van der Waals surface area contributed by atoms with Gasteiger partial charge in [0.1, 0.15) is 23.3 Å². The van der Waals surface area contributed by atoms with Gasteiger partial charge in [0.25, 0.3) is 0 Å². The summed E-state index contributed by atoms with van der Waals surface area (Å²) < 4.78 is 17.1. The van der Waals surface area contributed by atoms with Crippen LogP contribution in [0.5, 0.6) is 11.5 Å². The lowest BCUT2D eigenvalue weighted by Gasteiger charge is -2.38. The number of benzene rings is 7. The molecule has 11 rings (SSSR count). The quantitative estimate of drug-likeness (QED) is 0.163. The molecule has 1 spiro atoms. The molecule has 1 aliphatic carbocycles. The first kappa shape index (κ1) is 35.3. The van der Waals surface area contributed by atoms with Gasteiger partial charge in [0.2, 0.25) is 0 Å². The number of aromatic nitrogens is 1. The summed E-state index contributed by atoms with van der Waals surface area (Å²) >= 11 is 0. The molecule has 0 radical (unpaired) electrons. The molecule has 0 fully saturated rings. The highest BCUT2D eigenvalue weighted by Gasteiger charge is 2.61. The van der Waals surface area contributed by atoms with Crippen molar-refractivity contribution < 1.29 is 9.47 Å². The fraction of sp³-hybridized carbons (Fsp3) is 0.0741.